The Morgan fingerprint density at radius 3 is 1.33 bits per heavy atom. The highest BCUT2D eigenvalue weighted by atomic mass is 15.0. The summed E-state index contributed by atoms with van der Waals surface area (Å²) in [6.07, 6.45) is 0. The minimum Gasteiger partial charge on any atom is -0.208 e. The van der Waals surface area contributed by atoms with E-state index in [1.807, 2.05) is 60.7 Å². The second-order valence-electron chi connectivity index (χ2n) is 14.4. The highest BCUT2D eigenvalue weighted by Gasteiger charge is 2.53. The van der Waals surface area contributed by atoms with E-state index in [0.29, 0.717) is 17.5 Å². The summed E-state index contributed by atoms with van der Waals surface area (Å²) in [6.45, 7) is 4.74. The number of benzene rings is 7. The van der Waals surface area contributed by atoms with Crippen molar-refractivity contribution in [2.45, 2.75) is 24.7 Å². The molecule has 3 heteroatoms. The molecule has 0 saturated carbocycles. The summed E-state index contributed by atoms with van der Waals surface area (Å²) >= 11 is 0. The standard InChI is InChI=1S/C49H35N3/c1-48(2)39-26-11-13-28-41(39)49(42-29-14-12-27-40(42)48)38-25-10-9-23-37(38)44-36(24-16-30-43(44)49)34-21-15-22-35(31-34)47-51-45(32-17-5-3-6-18-32)50-46(52-47)33-19-7-4-8-20-33/h3-31H,1-2H3. The zero-order valence-electron chi connectivity index (χ0n) is 29.1. The lowest BCUT2D eigenvalue weighted by Gasteiger charge is -2.46. The third-order valence-electron chi connectivity index (χ3n) is 11.2. The molecule has 0 fully saturated rings. The summed E-state index contributed by atoms with van der Waals surface area (Å²) in [6, 6.07) is 63.1. The fourth-order valence-electron chi connectivity index (χ4n) is 8.91. The first-order valence-corrected chi connectivity index (χ1v) is 18.0. The second kappa shape index (κ2) is 11.5. The van der Waals surface area contributed by atoms with Gasteiger partial charge in [0.2, 0.25) is 0 Å². The van der Waals surface area contributed by atoms with Crippen molar-refractivity contribution in [2.75, 3.05) is 0 Å². The summed E-state index contributed by atoms with van der Waals surface area (Å²) in [4.78, 5) is 15.0. The van der Waals surface area contributed by atoms with Crippen LogP contribution in [0, 0.1) is 0 Å². The van der Waals surface area contributed by atoms with Crippen LogP contribution in [0.3, 0.4) is 0 Å². The molecule has 1 spiro atoms. The van der Waals surface area contributed by atoms with Gasteiger partial charge in [0.15, 0.2) is 17.5 Å². The highest BCUT2D eigenvalue weighted by Crippen LogP contribution is 2.63. The molecule has 0 radical (unpaired) electrons. The summed E-state index contributed by atoms with van der Waals surface area (Å²) in [5.41, 5.74) is 15.3. The van der Waals surface area contributed by atoms with Gasteiger partial charge in [-0.2, -0.15) is 0 Å². The van der Waals surface area contributed by atoms with Crippen molar-refractivity contribution < 1.29 is 0 Å². The van der Waals surface area contributed by atoms with E-state index in [0.717, 1.165) is 22.3 Å². The van der Waals surface area contributed by atoms with Crippen LogP contribution in [0.4, 0.5) is 0 Å². The molecule has 0 aliphatic heterocycles. The summed E-state index contributed by atoms with van der Waals surface area (Å²) in [7, 11) is 0. The molecule has 0 saturated heterocycles. The highest BCUT2D eigenvalue weighted by molar-refractivity contribution is 5.97. The predicted octanol–water partition coefficient (Wildman–Crippen LogP) is 11.5. The van der Waals surface area contributed by atoms with Crippen molar-refractivity contribution in [3.05, 3.63) is 209 Å². The Morgan fingerprint density at radius 2 is 0.731 bits per heavy atom. The molecule has 0 N–H and O–H groups in total. The van der Waals surface area contributed by atoms with Crippen molar-refractivity contribution in [1.82, 2.24) is 15.0 Å². The van der Waals surface area contributed by atoms with Crippen LogP contribution in [0.15, 0.2) is 176 Å². The van der Waals surface area contributed by atoms with Crippen LogP contribution in [0.1, 0.15) is 47.2 Å². The molecule has 1 heterocycles. The molecule has 8 aromatic rings. The second-order valence-corrected chi connectivity index (χ2v) is 14.4. The number of rotatable bonds is 4. The molecule has 3 nitrogen and oxygen atoms in total. The zero-order chi connectivity index (χ0) is 34.9. The average Bonchev–Trinajstić information content (AvgIpc) is 3.52. The van der Waals surface area contributed by atoms with E-state index < -0.39 is 5.41 Å². The number of hydrogen-bond donors (Lipinski definition) is 0. The van der Waals surface area contributed by atoms with Crippen LogP contribution in [0.25, 0.3) is 56.4 Å². The summed E-state index contributed by atoms with van der Waals surface area (Å²) in [5, 5.41) is 0. The van der Waals surface area contributed by atoms with Gasteiger partial charge in [0.05, 0.1) is 5.41 Å². The monoisotopic (exact) mass is 665 g/mol. The van der Waals surface area contributed by atoms with E-state index in [-0.39, 0.29) is 5.41 Å². The summed E-state index contributed by atoms with van der Waals surface area (Å²) < 4.78 is 0. The van der Waals surface area contributed by atoms with Gasteiger partial charge in [-0.3, -0.25) is 0 Å². The molecular weight excluding hydrogens is 631 g/mol. The van der Waals surface area contributed by atoms with E-state index in [9.17, 15) is 0 Å². The van der Waals surface area contributed by atoms with Crippen LogP contribution < -0.4 is 0 Å². The molecule has 0 atom stereocenters. The van der Waals surface area contributed by atoms with E-state index in [2.05, 4.69) is 129 Å². The Kier molecular flexibility index (Phi) is 6.74. The third-order valence-corrected chi connectivity index (χ3v) is 11.2. The average molecular weight is 666 g/mol. The number of fused-ring (bicyclic) bond motifs is 9. The maximum absolute atomic E-state index is 5.05. The van der Waals surface area contributed by atoms with E-state index in [1.165, 1.54) is 50.1 Å². The molecule has 2 aliphatic rings. The lowest BCUT2D eigenvalue weighted by molar-refractivity contribution is 0.563. The van der Waals surface area contributed by atoms with E-state index in [1.54, 1.807) is 0 Å². The van der Waals surface area contributed by atoms with Crippen molar-refractivity contribution in [3.8, 4) is 56.4 Å². The summed E-state index contributed by atoms with van der Waals surface area (Å²) in [5.74, 6) is 1.96. The van der Waals surface area contributed by atoms with Crippen LogP contribution in [0.2, 0.25) is 0 Å². The molecule has 246 valence electrons. The Balaban J connectivity index is 1.20. The quantitative estimate of drug-likeness (QED) is 0.188. The smallest absolute Gasteiger partial charge is 0.164 e. The van der Waals surface area contributed by atoms with Gasteiger partial charge in [-0.05, 0) is 61.7 Å². The molecule has 52 heavy (non-hydrogen) atoms. The van der Waals surface area contributed by atoms with Gasteiger partial charge in [-0.25, -0.2) is 15.0 Å². The first kappa shape index (κ1) is 30.4. The van der Waals surface area contributed by atoms with E-state index in [4.69, 9.17) is 15.0 Å². The maximum Gasteiger partial charge on any atom is 0.164 e. The number of hydrogen-bond acceptors (Lipinski definition) is 3. The predicted molar refractivity (Wildman–Crippen MR) is 211 cm³/mol. The first-order valence-electron chi connectivity index (χ1n) is 18.0. The fraction of sp³-hybridized carbons (Fsp3) is 0.0816. The SMILES string of the molecule is CC1(C)c2ccccc2C2(c3ccccc3-c3c(-c4cccc(-c5nc(-c6ccccc6)nc(-c6ccccc6)n5)c4)cccc32)c2ccccc21. The molecule has 0 bridgehead atoms. The molecule has 10 rings (SSSR count). The normalized spacial score (nSPS) is 14.3. The number of nitrogens with zero attached hydrogens (tertiary/aromatic N) is 3. The van der Waals surface area contributed by atoms with Gasteiger partial charge in [0.25, 0.3) is 0 Å². The minimum absolute atomic E-state index is 0.135. The Bertz CT molecular complexity index is 2550. The van der Waals surface area contributed by atoms with Gasteiger partial charge < -0.3 is 0 Å². The van der Waals surface area contributed by atoms with Crippen LogP contribution in [-0.4, -0.2) is 15.0 Å². The minimum atomic E-state index is -0.439. The number of aromatic nitrogens is 3. The Hall–Kier alpha value is -6.45. The van der Waals surface area contributed by atoms with Gasteiger partial charge in [-0.15, -0.1) is 0 Å². The zero-order valence-corrected chi connectivity index (χ0v) is 29.1. The van der Waals surface area contributed by atoms with Crippen LogP contribution in [-0.2, 0) is 10.8 Å². The molecule has 0 amide bonds. The van der Waals surface area contributed by atoms with Crippen molar-refractivity contribution in [2.24, 2.45) is 0 Å². The molecule has 1 aromatic heterocycles. The largest absolute Gasteiger partial charge is 0.208 e. The topological polar surface area (TPSA) is 38.7 Å². The van der Waals surface area contributed by atoms with Crippen molar-refractivity contribution in [1.29, 1.82) is 0 Å². The van der Waals surface area contributed by atoms with Crippen LogP contribution >= 0.6 is 0 Å². The lowest BCUT2D eigenvalue weighted by atomic mass is 9.55. The third kappa shape index (κ3) is 4.36. The van der Waals surface area contributed by atoms with E-state index >= 15 is 0 Å². The van der Waals surface area contributed by atoms with Gasteiger partial charge in [0.1, 0.15) is 0 Å². The first-order chi connectivity index (χ1) is 25.5. The molecule has 2 aliphatic carbocycles. The van der Waals surface area contributed by atoms with Gasteiger partial charge in [-0.1, -0.05) is 184 Å². The van der Waals surface area contributed by atoms with Gasteiger partial charge >= 0.3 is 0 Å². The van der Waals surface area contributed by atoms with Crippen LogP contribution in [0.5, 0.6) is 0 Å². The van der Waals surface area contributed by atoms with Crippen molar-refractivity contribution >= 4 is 0 Å². The fourth-order valence-corrected chi connectivity index (χ4v) is 8.91. The molecule has 7 aromatic carbocycles. The molecule has 0 unspecified atom stereocenters. The Morgan fingerprint density at radius 1 is 0.327 bits per heavy atom. The lowest BCUT2D eigenvalue weighted by Crippen LogP contribution is -2.40. The van der Waals surface area contributed by atoms with Crippen molar-refractivity contribution in [3.63, 3.8) is 0 Å². The maximum atomic E-state index is 5.05. The Labute approximate surface area is 304 Å². The molecular formula is C49H35N3. The van der Waals surface area contributed by atoms with Gasteiger partial charge in [0, 0.05) is 22.1 Å².